The first-order chi connectivity index (χ1) is 9.26. The van der Waals surface area contributed by atoms with Crippen molar-refractivity contribution in [2.45, 2.75) is 23.1 Å². The lowest BCUT2D eigenvalue weighted by Crippen LogP contribution is -1.84. The number of benzene rings is 2. The Bertz CT molecular complexity index is 552. The number of hydrogen-bond acceptors (Lipinski definition) is 2. The third-order valence-corrected chi connectivity index (χ3v) is 5.20. The number of halogens is 1. The van der Waals surface area contributed by atoms with E-state index in [-0.39, 0.29) is 0 Å². The molecule has 1 radical (unpaired) electrons. The zero-order chi connectivity index (χ0) is 13.7. The van der Waals surface area contributed by atoms with Crippen molar-refractivity contribution < 1.29 is 0 Å². The van der Waals surface area contributed by atoms with Crippen LogP contribution in [0.3, 0.4) is 0 Å². The van der Waals surface area contributed by atoms with Crippen molar-refractivity contribution in [1.29, 1.82) is 0 Å². The summed E-state index contributed by atoms with van der Waals surface area (Å²) < 4.78 is 0. The Morgan fingerprint density at radius 3 is 2.74 bits per heavy atom. The number of thioether (sulfide) groups is 2. The second-order valence-corrected chi connectivity index (χ2v) is 6.50. The molecule has 2 aromatic rings. The van der Waals surface area contributed by atoms with Gasteiger partial charge < -0.3 is 0 Å². The fraction of sp³-hybridized carbons (Fsp3) is 0.250. The van der Waals surface area contributed by atoms with Crippen molar-refractivity contribution in [2.24, 2.45) is 0 Å². The Morgan fingerprint density at radius 1 is 1.21 bits per heavy atom. The SMILES string of the molecule is CCCSc1ccc(-c2[c]cccc2SC)cc1Cl. The van der Waals surface area contributed by atoms with Gasteiger partial charge in [0.1, 0.15) is 0 Å². The van der Waals surface area contributed by atoms with E-state index in [9.17, 15) is 0 Å². The summed E-state index contributed by atoms with van der Waals surface area (Å²) in [5.41, 5.74) is 2.26. The smallest absolute Gasteiger partial charge is 0.0548 e. The van der Waals surface area contributed by atoms with Gasteiger partial charge in [0, 0.05) is 15.4 Å². The van der Waals surface area contributed by atoms with Gasteiger partial charge in [0.05, 0.1) is 5.02 Å². The molecule has 0 saturated carbocycles. The van der Waals surface area contributed by atoms with Gasteiger partial charge in [0.15, 0.2) is 0 Å². The quantitative estimate of drug-likeness (QED) is 0.618. The highest BCUT2D eigenvalue weighted by Crippen LogP contribution is 2.35. The second-order valence-electron chi connectivity index (χ2n) is 4.11. The lowest BCUT2D eigenvalue weighted by atomic mass is 10.1. The molecule has 0 N–H and O–H groups in total. The van der Waals surface area contributed by atoms with E-state index in [4.69, 9.17) is 11.6 Å². The van der Waals surface area contributed by atoms with Gasteiger partial charge in [-0.2, -0.15) is 0 Å². The van der Waals surface area contributed by atoms with Crippen LogP contribution in [0, 0.1) is 6.07 Å². The van der Waals surface area contributed by atoms with Gasteiger partial charge in [0.25, 0.3) is 0 Å². The van der Waals surface area contributed by atoms with Gasteiger partial charge in [-0.05, 0) is 48.3 Å². The Hall–Kier alpha value is -0.570. The first kappa shape index (κ1) is 14.8. The molecule has 99 valence electrons. The highest BCUT2D eigenvalue weighted by atomic mass is 35.5. The fourth-order valence-electron chi connectivity index (χ4n) is 1.80. The highest BCUT2D eigenvalue weighted by Gasteiger charge is 2.07. The third kappa shape index (κ3) is 3.71. The predicted molar refractivity (Wildman–Crippen MR) is 88.5 cm³/mol. The molecular weight excluding hydrogens is 292 g/mol. The monoisotopic (exact) mass is 307 g/mol. The highest BCUT2D eigenvalue weighted by molar-refractivity contribution is 7.99. The maximum Gasteiger partial charge on any atom is 0.0548 e. The predicted octanol–water partition coefficient (Wildman–Crippen LogP) is 6.03. The lowest BCUT2D eigenvalue weighted by molar-refractivity contribution is 1.10. The van der Waals surface area contributed by atoms with Crippen LogP contribution < -0.4 is 0 Å². The molecule has 19 heavy (non-hydrogen) atoms. The number of rotatable bonds is 5. The van der Waals surface area contributed by atoms with Gasteiger partial charge >= 0.3 is 0 Å². The molecule has 0 heterocycles. The van der Waals surface area contributed by atoms with E-state index < -0.39 is 0 Å². The van der Waals surface area contributed by atoms with E-state index in [2.05, 4.69) is 37.4 Å². The van der Waals surface area contributed by atoms with Crippen molar-refractivity contribution in [2.75, 3.05) is 12.0 Å². The average molecular weight is 308 g/mol. The topological polar surface area (TPSA) is 0 Å². The van der Waals surface area contributed by atoms with Crippen molar-refractivity contribution in [3.63, 3.8) is 0 Å². The first-order valence-corrected chi connectivity index (χ1v) is 8.82. The van der Waals surface area contributed by atoms with Gasteiger partial charge in [-0.15, -0.1) is 23.5 Å². The van der Waals surface area contributed by atoms with Gasteiger partial charge in [-0.1, -0.05) is 36.7 Å². The minimum atomic E-state index is 0.834. The minimum Gasteiger partial charge on any atom is -0.129 e. The van der Waals surface area contributed by atoms with Crippen LogP contribution in [0.5, 0.6) is 0 Å². The number of hydrogen-bond donors (Lipinski definition) is 0. The Balaban J connectivity index is 2.33. The van der Waals surface area contributed by atoms with Crippen molar-refractivity contribution >= 4 is 35.1 Å². The molecule has 0 nitrogen and oxygen atoms in total. The van der Waals surface area contributed by atoms with E-state index in [1.807, 2.05) is 30.0 Å². The third-order valence-electron chi connectivity index (χ3n) is 2.72. The summed E-state index contributed by atoms with van der Waals surface area (Å²) in [6.45, 7) is 2.18. The van der Waals surface area contributed by atoms with Crippen LogP contribution in [-0.4, -0.2) is 12.0 Å². The molecule has 0 aromatic heterocycles. The van der Waals surface area contributed by atoms with Gasteiger partial charge in [-0.3, -0.25) is 0 Å². The first-order valence-electron chi connectivity index (χ1n) is 6.23. The zero-order valence-corrected chi connectivity index (χ0v) is 13.5. The molecule has 2 rings (SSSR count). The summed E-state index contributed by atoms with van der Waals surface area (Å²) in [6, 6.07) is 15.7. The fourth-order valence-corrected chi connectivity index (χ4v) is 3.53. The van der Waals surface area contributed by atoms with Crippen LogP contribution in [0.25, 0.3) is 11.1 Å². The maximum atomic E-state index is 6.37. The van der Waals surface area contributed by atoms with Gasteiger partial charge in [0.2, 0.25) is 0 Å². The molecule has 0 fully saturated rings. The summed E-state index contributed by atoms with van der Waals surface area (Å²) in [4.78, 5) is 2.39. The Kier molecular flexibility index (Phi) is 5.68. The largest absolute Gasteiger partial charge is 0.129 e. The zero-order valence-electron chi connectivity index (χ0n) is 11.1. The van der Waals surface area contributed by atoms with Crippen LogP contribution >= 0.6 is 35.1 Å². The maximum absolute atomic E-state index is 6.37. The Labute approximate surface area is 128 Å². The molecule has 0 amide bonds. The minimum absolute atomic E-state index is 0.834. The van der Waals surface area contributed by atoms with Crippen LogP contribution in [-0.2, 0) is 0 Å². The second kappa shape index (κ2) is 7.28. The van der Waals surface area contributed by atoms with E-state index in [1.165, 1.54) is 4.90 Å². The molecule has 0 saturated heterocycles. The van der Waals surface area contributed by atoms with Crippen LogP contribution in [0.15, 0.2) is 46.2 Å². The van der Waals surface area contributed by atoms with E-state index in [0.29, 0.717) is 0 Å². The van der Waals surface area contributed by atoms with Crippen LogP contribution in [0.4, 0.5) is 0 Å². The van der Waals surface area contributed by atoms with Crippen LogP contribution in [0.2, 0.25) is 5.02 Å². The van der Waals surface area contributed by atoms with Crippen LogP contribution in [0.1, 0.15) is 13.3 Å². The summed E-state index contributed by atoms with van der Waals surface area (Å²) in [7, 11) is 0. The summed E-state index contributed by atoms with van der Waals surface area (Å²) in [6.07, 6.45) is 3.24. The van der Waals surface area contributed by atoms with Crippen molar-refractivity contribution in [3.05, 3.63) is 47.5 Å². The molecule has 0 spiro atoms. The molecular formula is C16H16ClS2. The molecule has 0 aliphatic heterocycles. The van der Waals surface area contributed by atoms with E-state index in [0.717, 1.165) is 33.2 Å². The molecule has 0 aliphatic carbocycles. The van der Waals surface area contributed by atoms with Crippen molar-refractivity contribution in [1.82, 2.24) is 0 Å². The van der Waals surface area contributed by atoms with Gasteiger partial charge in [-0.25, -0.2) is 0 Å². The van der Waals surface area contributed by atoms with E-state index >= 15 is 0 Å². The summed E-state index contributed by atoms with van der Waals surface area (Å²) in [5.74, 6) is 1.10. The lowest BCUT2D eigenvalue weighted by Gasteiger charge is -2.09. The summed E-state index contributed by atoms with van der Waals surface area (Å²) in [5, 5.41) is 0.834. The molecule has 0 unspecified atom stereocenters. The van der Waals surface area contributed by atoms with Crippen molar-refractivity contribution in [3.8, 4) is 11.1 Å². The Morgan fingerprint density at radius 2 is 2.05 bits per heavy atom. The molecule has 0 aliphatic rings. The average Bonchev–Trinajstić information content (AvgIpc) is 2.46. The molecule has 2 aromatic carbocycles. The summed E-state index contributed by atoms with van der Waals surface area (Å²) >= 11 is 9.92. The molecule has 0 bridgehead atoms. The molecule has 0 atom stereocenters. The molecule has 3 heteroatoms. The van der Waals surface area contributed by atoms with E-state index in [1.54, 1.807) is 11.8 Å². The standard InChI is InChI=1S/C16H16ClS2/c1-3-10-19-16-9-8-12(11-14(16)17)13-6-4-5-7-15(13)18-2/h4-5,7-9,11H,3,10H2,1-2H3. The normalized spacial score (nSPS) is 10.7.